The lowest BCUT2D eigenvalue weighted by atomic mass is 10.2. The van der Waals surface area contributed by atoms with Gasteiger partial charge < -0.3 is 4.74 Å². The molecule has 1 aromatic heterocycles. The zero-order valence-corrected chi connectivity index (χ0v) is 20.1. The minimum atomic E-state index is 0.0802. The molecule has 0 atom stereocenters. The Labute approximate surface area is 201 Å². The monoisotopic (exact) mass is 482 g/mol. The molecule has 0 spiro atoms. The third kappa shape index (κ3) is 5.82. The molecule has 0 N–H and O–H groups in total. The first kappa shape index (κ1) is 22.6. The van der Waals surface area contributed by atoms with Gasteiger partial charge >= 0.3 is 0 Å². The Morgan fingerprint density at radius 2 is 1.88 bits per heavy atom. The van der Waals surface area contributed by atoms with Crippen LogP contribution in [0, 0.1) is 0 Å². The van der Waals surface area contributed by atoms with Crippen molar-refractivity contribution in [2.24, 2.45) is 0 Å². The molecule has 0 aliphatic heterocycles. The average molecular weight is 483 g/mol. The van der Waals surface area contributed by atoms with Crippen molar-refractivity contribution in [2.75, 3.05) is 17.8 Å². The zero-order chi connectivity index (χ0) is 22.3. The second-order valence-corrected chi connectivity index (χ2v) is 9.82. The Kier molecular flexibility index (Phi) is 7.68. The predicted octanol–water partition coefficient (Wildman–Crippen LogP) is 7.06. The molecule has 0 fully saturated rings. The molecule has 0 saturated carbocycles. The predicted molar refractivity (Wildman–Crippen MR) is 135 cm³/mol. The molecular weight excluding hydrogens is 460 g/mol. The van der Waals surface area contributed by atoms with Crippen LogP contribution in [0.5, 0.6) is 5.75 Å². The topological polar surface area (TPSA) is 42.4 Å². The number of thiazole rings is 1. The molecule has 32 heavy (non-hydrogen) atoms. The third-order valence-corrected chi connectivity index (χ3v) is 7.33. The smallest absolute Gasteiger partial charge is 0.229 e. The maximum Gasteiger partial charge on any atom is 0.229 e. The Hall–Kier alpha value is -2.54. The highest BCUT2D eigenvalue weighted by Gasteiger charge is 2.20. The molecule has 1 heterocycles. The number of rotatable bonds is 9. The summed E-state index contributed by atoms with van der Waals surface area (Å²) in [5, 5.41) is 1.45. The molecule has 0 saturated heterocycles. The first-order chi connectivity index (χ1) is 15.6. The number of carbonyl (C=O) groups excluding carboxylic acids is 1. The van der Waals surface area contributed by atoms with Crippen LogP contribution in [0.25, 0.3) is 10.2 Å². The van der Waals surface area contributed by atoms with E-state index in [0.717, 1.165) is 43.6 Å². The number of hydrogen-bond acceptors (Lipinski definition) is 5. The average Bonchev–Trinajstić information content (AvgIpc) is 3.25. The molecule has 0 bridgehead atoms. The third-order valence-electron chi connectivity index (χ3n) is 4.92. The maximum atomic E-state index is 13.2. The summed E-state index contributed by atoms with van der Waals surface area (Å²) < 4.78 is 6.35. The van der Waals surface area contributed by atoms with E-state index in [2.05, 4.69) is 0 Å². The number of methoxy groups -OCH3 is 1. The summed E-state index contributed by atoms with van der Waals surface area (Å²) in [6.07, 6.45) is 1.25. The van der Waals surface area contributed by atoms with Crippen LogP contribution in [0.3, 0.4) is 0 Å². The lowest BCUT2D eigenvalue weighted by Crippen LogP contribution is -2.30. The second-order valence-electron chi connectivity index (χ2n) is 7.20. The number of aromatic nitrogens is 1. The van der Waals surface area contributed by atoms with Gasteiger partial charge in [-0.25, -0.2) is 4.98 Å². The minimum Gasteiger partial charge on any atom is -0.497 e. The Morgan fingerprint density at radius 1 is 1.09 bits per heavy atom. The van der Waals surface area contributed by atoms with Crippen LogP contribution in [-0.4, -0.2) is 23.8 Å². The van der Waals surface area contributed by atoms with Gasteiger partial charge in [-0.3, -0.25) is 9.69 Å². The standard InChI is InChI=1S/C25H23ClN2O2S2/c1-30-20-11-14-23-22(16-20)27-25(32-23)28(17-18-6-3-2-4-7-18)24(29)8-5-15-31-21-12-9-19(26)10-13-21/h2-4,6-7,9-14,16H,5,8,15,17H2,1H3. The van der Waals surface area contributed by atoms with E-state index in [-0.39, 0.29) is 5.91 Å². The van der Waals surface area contributed by atoms with Crippen LogP contribution < -0.4 is 9.64 Å². The number of fused-ring (bicyclic) bond motifs is 1. The Morgan fingerprint density at radius 3 is 2.62 bits per heavy atom. The van der Waals surface area contributed by atoms with E-state index in [4.69, 9.17) is 21.3 Å². The van der Waals surface area contributed by atoms with Crippen LogP contribution in [-0.2, 0) is 11.3 Å². The number of ether oxygens (including phenoxy) is 1. The zero-order valence-electron chi connectivity index (χ0n) is 17.7. The van der Waals surface area contributed by atoms with Gasteiger partial charge in [0, 0.05) is 22.4 Å². The molecule has 1 amide bonds. The summed E-state index contributed by atoms with van der Waals surface area (Å²) in [5.41, 5.74) is 1.92. The molecule has 0 radical (unpaired) electrons. The fourth-order valence-electron chi connectivity index (χ4n) is 3.25. The van der Waals surface area contributed by atoms with E-state index in [0.29, 0.717) is 18.1 Å². The normalized spacial score (nSPS) is 10.9. The highest BCUT2D eigenvalue weighted by atomic mass is 35.5. The van der Waals surface area contributed by atoms with E-state index in [9.17, 15) is 4.79 Å². The van der Waals surface area contributed by atoms with Gasteiger partial charge in [-0.1, -0.05) is 53.3 Å². The molecule has 0 unspecified atom stereocenters. The summed E-state index contributed by atoms with van der Waals surface area (Å²) in [4.78, 5) is 21.0. The van der Waals surface area contributed by atoms with Crippen LogP contribution in [0.15, 0.2) is 77.7 Å². The van der Waals surface area contributed by atoms with E-state index >= 15 is 0 Å². The lowest BCUT2D eigenvalue weighted by molar-refractivity contribution is -0.118. The van der Waals surface area contributed by atoms with Gasteiger partial charge in [0.25, 0.3) is 0 Å². The maximum absolute atomic E-state index is 13.2. The van der Waals surface area contributed by atoms with Gasteiger partial charge in [-0.2, -0.15) is 0 Å². The van der Waals surface area contributed by atoms with Crippen molar-refractivity contribution in [3.8, 4) is 5.75 Å². The van der Waals surface area contributed by atoms with Gasteiger partial charge in [0.1, 0.15) is 5.75 Å². The van der Waals surface area contributed by atoms with E-state index in [1.165, 1.54) is 11.3 Å². The number of halogens is 1. The van der Waals surface area contributed by atoms with Gasteiger partial charge in [0.15, 0.2) is 5.13 Å². The first-order valence-electron chi connectivity index (χ1n) is 10.3. The second kappa shape index (κ2) is 10.9. The van der Waals surface area contributed by atoms with Gasteiger partial charge in [0.05, 0.1) is 23.9 Å². The Balaban J connectivity index is 1.47. The van der Waals surface area contributed by atoms with Crippen molar-refractivity contribution in [3.05, 3.63) is 83.4 Å². The number of amides is 1. The van der Waals surface area contributed by atoms with Crippen molar-refractivity contribution in [2.45, 2.75) is 24.3 Å². The van der Waals surface area contributed by atoms with Gasteiger partial charge in [-0.05, 0) is 54.1 Å². The molecule has 4 nitrogen and oxygen atoms in total. The molecule has 4 aromatic rings. The largest absolute Gasteiger partial charge is 0.497 e. The number of nitrogens with zero attached hydrogens (tertiary/aromatic N) is 2. The summed E-state index contributed by atoms with van der Waals surface area (Å²) in [5.74, 6) is 1.70. The van der Waals surface area contributed by atoms with E-state index in [1.54, 1.807) is 23.8 Å². The fourth-order valence-corrected chi connectivity index (χ4v) is 5.19. The Bertz CT molecular complexity index is 1180. The van der Waals surface area contributed by atoms with E-state index in [1.807, 2.05) is 72.8 Å². The molecule has 0 aliphatic rings. The first-order valence-corrected chi connectivity index (χ1v) is 12.5. The highest BCUT2D eigenvalue weighted by molar-refractivity contribution is 7.99. The molecule has 4 rings (SSSR count). The molecule has 164 valence electrons. The number of thioether (sulfide) groups is 1. The van der Waals surface area contributed by atoms with Crippen molar-refractivity contribution in [3.63, 3.8) is 0 Å². The van der Waals surface area contributed by atoms with Crippen molar-refractivity contribution < 1.29 is 9.53 Å². The van der Waals surface area contributed by atoms with Crippen LogP contribution in [0.4, 0.5) is 5.13 Å². The molecule has 0 aliphatic carbocycles. The van der Waals surface area contributed by atoms with E-state index < -0.39 is 0 Å². The molecule has 3 aromatic carbocycles. The number of anilines is 1. The lowest BCUT2D eigenvalue weighted by Gasteiger charge is -2.20. The summed E-state index contributed by atoms with van der Waals surface area (Å²) >= 11 is 9.21. The van der Waals surface area contributed by atoms with Crippen molar-refractivity contribution >= 4 is 56.0 Å². The SMILES string of the molecule is COc1ccc2sc(N(Cc3ccccc3)C(=O)CCCSc3ccc(Cl)cc3)nc2c1. The summed E-state index contributed by atoms with van der Waals surface area (Å²) in [6.45, 7) is 0.501. The highest BCUT2D eigenvalue weighted by Crippen LogP contribution is 2.32. The number of carbonyl (C=O) groups is 1. The quantitative estimate of drug-likeness (QED) is 0.189. The molecule has 7 heteroatoms. The van der Waals surface area contributed by atoms with Crippen LogP contribution >= 0.6 is 34.7 Å². The fraction of sp³-hybridized carbons (Fsp3) is 0.200. The summed E-state index contributed by atoms with van der Waals surface area (Å²) in [7, 11) is 1.64. The van der Waals surface area contributed by atoms with Crippen LogP contribution in [0.1, 0.15) is 18.4 Å². The van der Waals surface area contributed by atoms with Crippen molar-refractivity contribution in [1.82, 2.24) is 4.98 Å². The molecular formula is C25H23ClN2O2S2. The van der Waals surface area contributed by atoms with Gasteiger partial charge in [-0.15, -0.1) is 11.8 Å². The van der Waals surface area contributed by atoms with Crippen LogP contribution in [0.2, 0.25) is 5.02 Å². The van der Waals surface area contributed by atoms with Crippen molar-refractivity contribution in [1.29, 1.82) is 0 Å². The summed E-state index contributed by atoms with van der Waals surface area (Å²) in [6, 6.07) is 23.6. The number of hydrogen-bond donors (Lipinski definition) is 0. The minimum absolute atomic E-state index is 0.0802. The number of benzene rings is 3. The van der Waals surface area contributed by atoms with Gasteiger partial charge in [0.2, 0.25) is 5.91 Å².